The number of nitrogens with zero attached hydrogens (tertiary/aromatic N) is 3. The molecule has 0 aromatic carbocycles. The third-order valence-corrected chi connectivity index (χ3v) is 4.32. The number of pyridine rings is 1. The summed E-state index contributed by atoms with van der Waals surface area (Å²) in [7, 11) is 0. The van der Waals surface area contributed by atoms with Crippen molar-refractivity contribution in [3.63, 3.8) is 0 Å². The molecule has 0 bridgehead atoms. The lowest BCUT2D eigenvalue weighted by molar-refractivity contribution is -0.141. The van der Waals surface area contributed by atoms with E-state index < -0.39 is 11.9 Å². The van der Waals surface area contributed by atoms with Crippen LogP contribution in [-0.2, 0) is 10.9 Å². The SMILES string of the molecule is O=C(N1CCOCC1)N1CCC(COc2cccc(C(F)(F)F)n2)C1. The Hall–Kier alpha value is -2.03. The molecule has 2 fully saturated rings. The number of halogens is 3. The number of likely N-dealkylation sites (tertiary alicyclic amines) is 1. The molecular weight excluding hydrogens is 339 g/mol. The number of aromatic nitrogens is 1. The van der Waals surface area contributed by atoms with Gasteiger partial charge in [-0.1, -0.05) is 6.07 Å². The Labute approximate surface area is 143 Å². The highest BCUT2D eigenvalue weighted by Crippen LogP contribution is 2.29. The molecule has 3 rings (SSSR count). The summed E-state index contributed by atoms with van der Waals surface area (Å²) in [5.74, 6) is 0.0362. The zero-order valence-corrected chi connectivity index (χ0v) is 13.7. The molecule has 2 aliphatic rings. The van der Waals surface area contributed by atoms with Gasteiger partial charge in [-0.05, 0) is 12.5 Å². The van der Waals surface area contributed by atoms with Crippen LogP contribution in [0.1, 0.15) is 12.1 Å². The van der Waals surface area contributed by atoms with Gasteiger partial charge in [-0.2, -0.15) is 13.2 Å². The van der Waals surface area contributed by atoms with Gasteiger partial charge in [0, 0.05) is 38.2 Å². The second kappa shape index (κ2) is 7.47. The summed E-state index contributed by atoms with van der Waals surface area (Å²) in [5, 5.41) is 0. The molecule has 0 N–H and O–H groups in total. The predicted octanol–water partition coefficient (Wildman–Crippen LogP) is 2.25. The molecule has 2 saturated heterocycles. The number of ether oxygens (including phenoxy) is 2. The van der Waals surface area contributed by atoms with Crippen molar-refractivity contribution in [2.24, 2.45) is 5.92 Å². The lowest BCUT2D eigenvalue weighted by Gasteiger charge is -2.31. The van der Waals surface area contributed by atoms with Crippen LogP contribution in [0.5, 0.6) is 5.88 Å². The number of alkyl halides is 3. The van der Waals surface area contributed by atoms with Crippen LogP contribution in [0.25, 0.3) is 0 Å². The first-order valence-corrected chi connectivity index (χ1v) is 8.22. The normalized spacial score (nSPS) is 21.5. The molecule has 0 spiro atoms. The van der Waals surface area contributed by atoms with Gasteiger partial charge in [-0.15, -0.1) is 0 Å². The lowest BCUT2D eigenvalue weighted by Crippen LogP contribution is -2.47. The van der Waals surface area contributed by atoms with Crippen molar-refractivity contribution in [3.8, 4) is 5.88 Å². The van der Waals surface area contributed by atoms with Crippen molar-refractivity contribution < 1.29 is 27.4 Å². The van der Waals surface area contributed by atoms with Crippen molar-refractivity contribution in [2.75, 3.05) is 46.0 Å². The maximum Gasteiger partial charge on any atom is 0.433 e. The second-order valence-electron chi connectivity index (χ2n) is 6.15. The summed E-state index contributed by atoms with van der Waals surface area (Å²) in [6, 6.07) is 3.57. The minimum absolute atomic E-state index is 0.0111. The minimum atomic E-state index is -4.49. The third kappa shape index (κ3) is 4.53. The molecule has 3 heterocycles. The number of morpholine rings is 1. The highest BCUT2D eigenvalue weighted by molar-refractivity contribution is 5.74. The van der Waals surface area contributed by atoms with E-state index in [2.05, 4.69) is 4.98 Å². The molecule has 9 heteroatoms. The summed E-state index contributed by atoms with van der Waals surface area (Å²) in [6.45, 7) is 3.67. The number of carbonyl (C=O) groups is 1. The highest BCUT2D eigenvalue weighted by atomic mass is 19.4. The molecule has 138 valence electrons. The number of carbonyl (C=O) groups excluding carboxylic acids is 1. The average molecular weight is 359 g/mol. The molecular formula is C16H20F3N3O3. The summed E-state index contributed by atoms with van der Waals surface area (Å²) < 4.78 is 48.6. The first-order chi connectivity index (χ1) is 11.9. The summed E-state index contributed by atoms with van der Waals surface area (Å²) in [4.78, 5) is 19.4. The van der Waals surface area contributed by atoms with Crippen LogP contribution in [0.2, 0.25) is 0 Å². The molecule has 25 heavy (non-hydrogen) atoms. The van der Waals surface area contributed by atoms with Crippen LogP contribution in [-0.4, -0.2) is 66.8 Å². The number of amides is 2. The number of rotatable bonds is 3. The Morgan fingerprint density at radius 3 is 2.72 bits per heavy atom. The van der Waals surface area contributed by atoms with E-state index in [4.69, 9.17) is 9.47 Å². The fourth-order valence-corrected chi connectivity index (χ4v) is 2.95. The lowest BCUT2D eigenvalue weighted by atomic mass is 10.1. The molecule has 1 unspecified atom stereocenters. The maximum atomic E-state index is 12.7. The fourth-order valence-electron chi connectivity index (χ4n) is 2.95. The molecule has 2 amide bonds. The summed E-state index contributed by atoms with van der Waals surface area (Å²) in [5.41, 5.74) is -0.972. The minimum Gasteiger partial charge on any atom is -0.477 e. The van der Waals surface area contributed by atoms with E-state index in [-0.39, 0.29) is 24.4 Å². The van der Waals surface area contributed by atoms with Crippen LogP contribution in [0.3, 0.4) is 0 Å². The van der Waals surface area contributed by atoms with Gasteiger partial charge in [0.15, 0.2) is 0 Å². The van der Waals surface area contributed by atoms with Gasteiger partial charge in [-0.25, -0.2) is 9.78 Å². The van der Waals surface area contributed by atoms with E-state index in [1.54, 1.807) is 9.80 Å². The molecule has 0 radical (unpaired) electrons. The second-order valence-corrected chi connectivity index (χ2v) is 6.15. The van der Waals surface area contributed by atoms with E-state index in [1.807, 2.05) is 0 Å². The van der Waals surface area contributed by atoms with Gasteiger partial charge >= 0.3 is 12.2 Å². The Morgan fingerprint density at radius 2 is 2.00 bits per heavy atom. The quantitative estimate of drug-likeness (QED) is 0.831. The Kier molecular flexibility index (Phi) is 5.31. The van der Waals surface area contributed by atoms with Gasteiger partial charge in [0.2, 0.25) is 5.88 Å². The van der Waals surface area contributed by atoms with Crippen molar-refractivity contribution >= 4 is 6.03 Å². The largest absolute Gasteiger partial charge is 0.477 e. The predicted molar refractivity (Wildman–Crippen MR) is 82.2 cm³/mol. The Balaban J connectivity index is 1.49. The van der Waals surface area contributed by atoms with Gasteiger partial charge in [0.05, 0.1) is 19.8 Å². The first-order valence-electron chi connectivity index (χ1n) is 8.22. The zero-order chi connectivity index (χ0) is 17.9. The van der Waals surface area contributed by atoms with Crippen molar-refractivity contribution in [1.82, 2.24) is 14.8 Å². The van der Waals surface area contributed by atoms with Crippen LogP contribution in [0.15, 0.2) is 18.2 Å². The average Bonchev–Trinajstić information content (AvgIpc) is 3.08. The van der Waals surface area contributed by atoms with Crippen LogP contribution in [0.4, 0.5) is 18.0 Å². The molecule has 0 saturated carbocycles. The van der Waals surface area contributed by atoms with Gasteiger partial charge in [0.1, 0.15) is 5.69 Å². The Morgan fingerprint density at radius 1 is 1.24 bits per heavy atom. The Bertz CT molecular complexity index is 606. The molecule has 2 aliphatic heterocycles. The van der Waals surface area contributed by atoms with E-state index in [0.717, 1.165) is 12.5 Å². The highest BCUT2D eigenvalue weighted by Gasteiger charge is 2.33. The van der Waals surface area contributed by atoms with E-state index in [9.17, 15) is 18.0 Å². The first kappa shape index (κ1) is 17.8. The van der Waals surface area contributed by atoms with Crippen molar-refractivity contribution in [3.05, 3.63) is 23.9 Å². The standard InChI is InChI=1S/C16H20F3N3O3/c17-16(18,19)13-2-1-3-14(20-13)25-11-12-4-5-22(10-12)15(23)21-6-8-24-9-7-21/h1-3,12H,4-11H2. The topological polar surface area (TPSA) is 54.9 Å². The monoisotopic (exact) mass is 359 g/mol. The smallest absolute Gasteiger partial charge is 0.433 e. The van der Waals surface area contributed by atoms with Gasteiger partial charge in [-0.3, -0.25) is 0 Å². The maximum absolute atomic E-state index is 12.7. The number of hydrogen-bond acceptors (Lipinski definition) is 4. The van der Waals surface area contributed by atoms with E-state index >= 15 is 0 Å². The number of hydrogen-bond donors (Lipinski definition) is 0. The van der Waals surface area contributed by atoms with Crippen molar-refractivity contribution in [2.45, 2.75) is 12.6 Å². The number of urea groups is 1. The van der Waals surface area contributed by atoms with E-state index in [0.29, 0.717) is 39.4 Å². The molecule has 1 atom stereocenters. The van der Waals surface area contributed by atoms with Crippen LogP contribution in [0, 0.1) is 5.92 Å². The molecule has 1 aromatic rings. The molecule has 1 aromatic heterocycles. The summed E-state index contributed by atoms with van der Waals surface area (Å²) in [6.07, 6.45) is -3.73. The van der Waals surface area contributed by atoms with Crippen molar-refractivity contribution in [1.29, 1.82) is 0 Å². The molecule has 6 nitrogen and oxygen atoms in total. The van der Waals surface area contributed by atoms with Gasteiger partial charge in [0.25, 0.3) is 0 Å². The van der Waals surface area contributed by atoms with Crippen LogP contribution < -0.4 is 4.74 Å². The third-order valence-electron chi connectivity index (χ3n) is 4.32. The van der Waals surface area contributed by atoms with Gasteiger partial charge < -0.3 is 19.3 Å². The zero-order valence-electron chi connectivity index (χ0n) is 13.7. The fraction of sp³-hybridized carbons (Fsp3) is 0.625. The van der Waals surface area contributed by atoms with E-state index in [1.165, 1.54) is 12.1 Å². The van der Waals surface area contributed by atoms with Crippen LogP contribution >= 0.6 is 0 Å². The molecule has 0 aliphatic carbocycles. The summed E-state index contributed by atoms with van der Waals surface area (Å²) >= 11 is 0.